The fraction of sp³-hybridized carbons (Fsp3) is 0.579. The number of nitrogens with zero attached hydrogens (tertiary/aromatic N) is 1. The third kappa shape index (κ3) is 5.24. The first-order chi connectivity index (χ1) is 13.0. The Bertz CT molecular complexity index is 971. The van der Waals surface area contributed by atoms with Crippen molar-refractivity contribution in [2.45, 2.75) is 51.0 Å². The van der Waals surface area contributed by atoms with E-state index in [0.29, 0.717) is 5.02 Å². The molecule has 0 aliphatic heterocycles. The van der Waals surface area contributed by atoms with Crippen LogP contribution < -0.4 is 10.0 Å². The van der Waals surface area contributed by atoms with Crippen LogP contribution in [0.4, 0.5) is 0 Å². The van der Waals surface area contributed by atoms with Crippen LogP contribution in [0.2, 0.25) is 5.02 Å². The Balaban J connectivity index is 1.74. The smallest absolute Gasteiger partial charge is 0.223 e. The summed E-state index contributed by atoms with van der Waals surface area (Å²) in [5.41, 5.74) is 0.942. The standard InChI is InChI=1S/C19H27ClN4O3S/c1-19(2,24-28(3,26)27)11-21-18(25)14-7-5-4-6-13(14)17-22-15-9-8-12(20)10-16(15)23-17/h8-10,13-14,24H,4-7,11H2,1-3H3,(H,21,25)(H,22,23)/t13-,14+/m0/s1. The summed E-state index contributed by atoms with van der Waals surface area (Å²) in [5.74, 6) is 0.557. The van der Waals surface area contributed by atoms with Crippen LogP contribution in [0.25, 0.3) is 11.0 Å². The van der Waals surface area contributed by atoms with Gasteiger partial charge in [0.2, 0.25) is 15.9 Å². The van der Waals surface area contributed by atoms with Crippen molar-refractivity contribution in [1.29, 1.82) is 0 Å². The lowest BCUT2D eigenvalue weighted by Crippen LogP contribution is -2.52. The van der Waals surface area contributed by atoms with Crippen LogP contribution in [0.15, 0.2) is 18.2 Å². The van der Waals surface area contributed by atoms with Gasteiger partial charge in [0.15, 0.2) is 0 Å². The summed E-state index contributed by atoms with van der Waals surface area (Å²) in [5, 5.41) is 3.57. The molecule has 3 N–H and O–H groups in total. The number of H-pyrrole nitrogens is 1. The van der Waals surface area contributed by atoms with Crippen LogP contribution in [0.3, 0.4) is 0 Å². The van der Waals surface area contributed by atoms with E-state index in [1.807, 2.05) is 12.1 Å². The molecule has 0 radical (unpaired) electrons. The molecule has 0 bridgehead atoms. The highest BCUT2D eigenvalue weighted by Crippen LogP contribution is 2.37. The Hall–Kier alpha value is -1.64. The second kappa shape index (κ2) is 8.00. The number of aromatic amines is 1. The number of benzene rings is 1. The van der Waals surface area contributed by atoms with Gasteiger partial charge in [-0.1, -0.05) is 24.4 Å². The molecule has 1 aliphatic rings. The van der Waals surface area contributed by atoms with Crippen molar-refractivity contribution >= 4 is 38.6 Å². The first-order valence-electron chi connectivity index (χ1n) is 9.46. The molecule has 0 spiro atoms. The third-order valence-corrected chi connectivity index (χ3v) is 6.24. The zero-order valence-corrected chi connectivity index (χ0v) is 18.0. The van der Waals surface area contributed by atoms with E-state index in [0.717, 1.165) is 48.8 Å². The van der Waals surface area contributed by atoms with E-state index in [4.69, 9.17) is 11.6 Å². The van der Waals surface area contributed by atoms with Crippen LogP contribution in [0.1, 0.15) is 51.3 Å². The molecule has 3 rings (SSSR count). The highest BCUT2D eigenvalue weighted by atomic mass is 35.5. The fourth-order valence-corrected chi connectivity index (χ4v) is 5.17. The summed E-state index contributed by atoms with van der Waals surface area (Å²) in [6, 6.07) is 5.51. The number of carbonyl (C=O) groups is 1. The second-order valence-electron chi connectivity index (χ2n) is 8.26. The minimum absolute atomic E-state index is 0.00547. The Morgan fingerprint density at radius 3 is 2.75 bits per heavy atom. The topological polar surface area (TPSA) is 104 Å². The number of hydrogen-bond donors (Lipinski definition) is 3. The van der Waals surface area contributed by atoms with Crippen LogP contribution in [-0.4, -0.2) is 42.6 Å². The number of aromatic nitrogens is 2. The maximum absolute atomic E-state index is 12.9. The number of halogens is 1. The summed E-state index contributed by atoms with van der Waals surface area (Å²) in [6.45, 7) is 3.71. The van der Waals surface area contributed by atoms with E-state index in [9.17, 15) is 13.2 Å². The van der Waals surface area contributed by atoms with Gasteiger partial charge in [0.05, 0.1) is 17.3 Å². The van der Waals surface area contributed by atoms with Crippen molar-refractivity contribution in [2.75, 3.05) is 12.8 Å². The van der Waals surface area contributed by atoms with Gasteiger partial charge in [-0.25, -0.2) is 18.1 Å². The van der Waals surface area contributed by atoms with E-state index in [2.05, 4.69) is 20.0 Å². The first kappa shape index (κ1) is 21.1. The van der Waals surface area contributed by atoms with Gasteiger partial charge in [-0.15, -0.1) is 0 Å². The average Bonchev–Trinajstić information content (AvgIpc) is 3.00. The molecule has 1 amide bonds. The monoisotopic (exact) mass is 426 g/mol. The summed E-state index contributed by atoms with van der Waals surface area (Å²) >= 11 is 6.06. The zero-order chi connectivity index (χ0) is 20.5. The van der Waals surface area contributed by atoms with Gasteiger partial charge in [-0.05, 0) is 44.9 Å². The van der Waals surface area contributed by atoms with Crippen molar-refractivity contribution in [3.8, 4) is 0 Å². The van der Waals surface area contributed by atoms with E-state index >= 15 is 0 Å². The highest BCUT2D eigenvalue weighted by molar-refractivity contribution is 7.88. The largest absolute Gasteiger partial charge is 0.354 e. The lowest BCUT2D eigenvalue weighted by Gasteiger charge is -2.31. The van der Waals surface area contributed by atoms with Crippen LogP contribution in [0, 0.1) is 5.92 Å². The molecule has 0 unspecified atom stereocenters. The quantitative estimate of drug-likeness (QED) is 0.660. The predicted molar refractivity (Wildman–Crippen MR) is 111 cm³/mol. The fourth-order valence-electron chi connectivity index (χ4n) is 3.93. The van der Waals surface area contributed by atoms with Crippen molar-refractivity contribution in [3.05, 3.63) is 29.0 Å². The van der Waals surface area contributed by atoms with Crippen molar-refractivity contribution in [3.63, 3.8) is 0 Å². The van der Waals surface area contributed by atoms with Crippen molar-refractivity contribution in [2.24, 2.45) is 5.92 Å². The molecule has 1 saturated carbocycles. The molecule has 2 atom stereocenters. The maximum Gasteiger partial charge on any atom is 0.223 e. The van der Waals surface area contributed by atoms with E-state index in [1.54, 1.807) is 19.9 Å². The van der Waals surface area contributed by atoms with Crippen molar-refractivity contribution < 1.29 is 13.2 Å². The van der Waals surface area contributed by atoms with E-state index < -0.39 is 15.6 Å². The molecule has 1 fully saturated rings. The maximum atomic E-state index is 12.9. The Labute approximate surface area is 170 Å². The van der Waals surface area contributed by atoms with Gasteiger partial charge >= 0.3 is 0 Å². The minimum atomic E-state index is -3.35. The number of rotatable bonds is 6. The van der Waals surface area contributed by atoms with Crippen molar-refractivity contribution in [1.82, 2.24) is 20.0 Å². The molecule has 7 nitrogen and oxygen atoms in total. The normalized spacial score (nSPS) is 21.0. The zero-order valence-electron chi connectivity index (χ0n) is 16.4. The summed E-state index contributed by atoms with van der Waals surface area (Å²) in [7, 11) is -3.35. The van der Waals surface area contributed by atoms with Crippen LogP contribution in [-0.2, 0) is 14.8 Å². The molecule has 2 aromatic rings. The first-order valence-corrected chi connectivity index (χ1v) is 11.7. The van der Waals surface area contributed by atoms with Gasteiger partial charge < -0.3 is 10.3 Å². The molecule has 1 heterocycles. The number of amides is 1. The number of hydrogen-bond acceptors (Lipinski definition) is 4. The molecular formula is C19H27ClN4O3S. The number of sulfonamides is 1. The SMILES string of the molecule is CC(C)(CNC(=O)[C@@H]1CCCC[C@@H]1c1nc2ccc(Cl)cc2[nH]1)NS(C)(=O)=O. The Morgan fingerprint density at radius 1 is 1.32 bits per heavy atom. The molecular weight excluding hydrogens is 400 g/mol. The minimum Gasteiger partial charge on any atom is -0.354 e. The van der Waals surface area contributed by atoms with Gasteiger partial charge in [0.1, 0.15) is 5.82 Å². The summed E-state index contributed by atoms with van der Waals surface area (Å²) in [6.07, 6.45) is 4.82. The number of carbonyl (C=O) groups excluding carboxylic acids is 1. The molecule has 9 heteroatoms. The second-order valence-corrected chi connectivity index (χ2v) is 10.4. The Kier molecular flexibility index (Phi) is 6.03. The number of imidazole rings is 1. The molecule has 1 aromatic heterocycles. The predicted octanol–water partition coefficient (Wildman–Crippen LogP) is 2.93. The average molecular weight is 427 g/mol. The van der Waals surface area contributed by atoms with Gasteiger partial charge in [-0.2, -0.15) is 0 Å². The molecule has 154 valence electrons. The summed E-state index contributed by atoms with van der Waals surface area (Å²) < 4.78 is 25.5. The summed E-state index contributed by atoms with van der Waals surface area (Å²) in [4.78, 5) is 20.9. The van der Waals surface area contributed by atoms with Crippen LogP contribution in [0.5, 0.6) is 0 Å². The van der Waals surface area contributed by atoms with E-state index in [-0.39, 0.29) is 24.3 Å². The highest BCUT2D eigenvalue weighted by Gasteiger charge is 2.35. The van der Waals surface area contributed by atoms with Gasteiger partial charge in [0, 0.05) is 28.9 Å². The number of nitrogens with one attached hydrogen (secondary N) is 3. The molecule has 1 aliphatic carbocycles. The molecule has 0 saturated heterocycles. The van der Waals surface area contributed by atoms with Gasteiger partial charge in [-0.3, -0.25) is 4.79 Å². The lowest BCUT2D eigenvalue weighted by molar-refractivity contribution is -0.126. The Morgan fingerprint density at radius 2 is 2.04 bits per heavy atom. The molecule has 28 heavy (non-hydrogen) atoms. The molecule has 1 aromatic carbocycles. The van der Waals surface area contributed by atoms with Crippen LogP contribution >= 0.6 is 11.6 Å². The van der Waals surface area contributed by atoms with Gasteiger partial charge in [0.25, 0.3) is 0 Å². The number of fused-ring (bicyclic) bond motifs is 1. The lowest BCUT2D eigenvalue weighted by atomic mass is 9.78. The third-order valence-electron chi connectivity index (χ3n) is 5.08. The van der Waals surface area contributed by atoms with E-state index in [1.165, 1.54) is 0 Å².